The zero-order valence-electron chi connectivity index (χ0n) is 9.95. The van der Waals surface area contributed by atoms with Crippen LogP contribution in [-0.2, 0) is 0 Å². The third-order valence-corrected chi connectivity index (χ3v) is 3.54. The van der Waals surface area contributed by atoms with Gasteiger partial charge in [-0.15, -0.1) is 0 Å². The summed E-state index contributed by atoms with van der Waals surface area (Å²) in [6, 6.07) is 4.38. The summed E-state index contributed by atoms with van der Waals surface area (Å²) in [6.45, 7) is 2.27. The molecule has 3 N–H and O–H groups in total. The van der Waals surface area contributed by atoms with E-state index in [0.29, 0.717) is 11.9 Å². The van der Waals surface area contributed by atoms with Crippen LogP contribution in [0.2, 0.25) is 0 Å². The first-order valence-electron chi connectivity index (χ1n) is 6.24. The van der Waals surface area contributed by atoms with Crippen LogP contribution in [0, 0.1) is 5.92 Å². The molecule has 1 aliphatic carbocycles. The zero-order chi connectivity index (χ0) is 11.4. The number of hydrogen-bond acceptors (Lipinski definition) is 3. The molecule has 0 radical (unpaired) electrons. The van der Waals surface area contributed by atoms with Gasteiger partial charge in [-0.25, -0.2) is 4.98 Å². The van der Waals surface area contributed by atoms with Crippen molar-refractivity contribution in [3.05, 3.63) is 18.3 Å². The molecular weight excluding hydrogens is 198 g/mol. The first kappa shape index (κ1) is 11.2. The molecule has 0 saturated heterocycles. The summed E-state index contributed by atoms with van der Waals surface area (Å²) in [4.78, 5) is 4.09. The van der Waals surface area contributed by atoms with E-state index in [1.807, 2.05) is 18.3 Å². The minimum atomic E-state index is 0.533. The Morgan fingerprint density at radius 1 is 1.31 bits per heavy atom. The fraction of sp³-hybridized carbons (Fsp3) is 0.615. The Morgan fingerprint density at radius 2 is 2.06 bits per heavy atom. The van der Waals surface area contributed by atoms with Gasteiger partial charge in [-0.1, -0.05) is 19.3 Å². The molecular formula is C13H21N3. The lowest BCUT2D eigenvalue weighted by Gasteiger charge is -2.28. The molecule has 2 rings (SSSR count). The molecule has 0 spiro atoms. The van der Waals surface area contributed by atoms with E-state index < -0.39 is 0 Å². The molecule has 1 saturated carbocycles. The average molecular weight is 219 g/mol. The van der Waals surface area contributed by atoms with Crippen molar-refractivity contribution in [1.29, 1.82) is 0 Å². The molecule has 1 fully saturated rings. The number of hydrogen-bond donors (Lipinski definition) is 2. The van der Waals surface area contributed by atoms with Gasteiger partial charge in [0, 0.05) is 6.04 Å². The second-order valence-corrected chi connectivity index (χ2v) is 4.80. The number of rotatable bonds is 3. The molecule has 88 valence electrons. The maximum atomic E-state index is 5.56. The Morgan fingerprint density at radius 3 is 2.69 bits per heavy atom. The third kappa shape index (κ3) is 2.87. The molecule has 16 heavy (non-hydrogen) atoms. The van der Waals surface area contributed by atoms with E-state index in [4.69, 9.17) is 5.73 Å². The van der Waals surface area contributed by atoms with Crippen LogP contribution in [0.3, 0.4) is 0 Å². The van der Waals surface area contributed by atoms with Crippen molar-refractivity contribution in [3.8, 4) is 0 Å². The summed E-state index contributed by atoms with van der Waals surface area (Å²) in [6.07, 6.45) is 8.71. The molecule has 1 heterocycles. The molecule has 1 unspecified atom stereocenters. The Hall–Kier alpha value is -1.25. The van der Waals surface area contributed by atoms with Gasteiger partial charge < -0.3 is 11.1 Å². The van der Waals surface area contributed by atoms with E-state index in [1.165, 1.54) is 32.1 Å². The van der Waals surface area contributed by atoms with Crippen LogP contribution >= 0.6 is 0 Å². The topological polar surface area (TPSA) is 50.9 Å². The highest BCUT2D eigenvalue weighted by atomic mass is 14.9. The summed E-state index contributed by atoms with van der Waals surface area (Å²) >= 11 is 0. The van der Waals surface area contributed by atoms with Crippen molar-refractivity contribution < 1.29 is 0 Å². The first-order valence-corrected chi connectivity index (χ1v) is 6.24. The van der Waals surface area contributed by atoms with Gasteiger partial charge in [-0.2, -0.15) is 0 Å². The molecule has 3 nitrogen and oxygen atoms in total. The van der Waals surface area contributed by atoms with Crippen LogP contribution in [-0.4, -0.2) is 11.0 Å². The summed E-state index contributed by atoms with van der Waals surface area (Å²) in [5.74, 6) is 1.39. The highest BCUT2D eigenvalue weighted by molar-refractivity contribution is 5.45. The minimum Gasteiger partial charge on any atom is -0.384 e. The summed E-state index contributed by atoms with van der Waals surface area (Å²) in [7, 11) is 0. The number of nitrogens with one attached hydrogen (secondary N) is 1. The zero-order valence-corrected chi connectivity index (χ0v) is 9.95. The molecule has 1 aromatic heterocycles. The molecule has 0 amide bonds. The van der Waals surface area contributed by atoms with Gasteiger partial charge in [-0.3, -0.25) is 0 Å². The number of nitrogens with zero attached hydrogens (tertiary/aromatic N) is 1. The monoisotopic (exact) mass is 219 g/mol. The first-order chi connectivity index (χ1) is 7.75. The molecule has 0 bridgehead atoms. The normalized spacial score (nSPS) is 19.3. The predicted molar refractivity (Wildman–Crippen MR) is 68.3 cm³/mol. The lowest BCUT2D eigenvalue weighted by molar-refractivity contribution is 0.328. The Kier molecular flexibility index (Phi) is 3.65. The van der Waals surface area contributed by atoms with Gasteiger partial charge in [0.1, 0.15) is 5.82 Å². The van der Waals surface area contributed by atoms with Gasteiger partial charge in [0.15, 0.2) is 0 Å². The van der Waals surface area contributed by atoms with Gasteiger partial charge in [0.25, 0.3) is 0 Å². The fourth-order valence-electron chi connectivity index (χ4n) is 2.51. The molecule has 1 aliphatic rings. The van der Waals surface area contributed by atoms with Crippen molar-refractivity contribution in [2.75, 3.05) is 11.1 Å². The highest BCUT2D eigenvalue weighted by Crippen LogP contribution is 2.27. The summed E-state index contributed by atoms with van der Waals surface area (Å²) in [5.41, 5.74) is 6.64. The van der Waals surface area contributed by atoms with E-state index in [2.05, 4.69) is 17.2 Å². The van der Waals surface area contributed by atoms with Crippen molar-refractivity contribution in [2.45, 2.75) is 45.1 Å². The van der Waals surface area contributed by atoms with Gasteiger partial charge in [-0.05, 0) is 37.8 Å². The van der Waals surface area contributed by atoms with Crippen molar-refractivity contribution in [3.63, 3.8) is 0 Å². The average Bonchev–Trinajstić information content (AvgIpc) is 2.33. The highest BCUT2D eigenvalue weighted by Gasteiger charge is 2.19. The molecule has 0 aromatic carbocycles. The van der Waals surface area contributed by atoms with Crippen LogP contribution in [0.15, 0.2) is 18.3 Å². The SMILES string of the molecule is CC(Nc1ccc(N)nc1)C1CCCCC1. The van der Waals surface area contributed by atoms with E-state index in [0.717, 1.165) is 11.6 Å². The van der Waals surface area contributed by atoms with Gasteiger partial charge in [0.2, 0.25) is 0 Å². The van der Waals surface area contributed by atoms with E-state index in [1.54, 1.807) is 0 Å². The quantitative estimate of drug-likeness (QED) is 0.821. The van der Waals surface area contributed by atoms with Crippen LogP contribution in [0.25, 0.3) is 0 Å². The number of pyridine rings is 1. The standard InChI is InChI=1S/C13H21N3/c1-10(11-5-3-2-4-6-11)16-12-7-8-13(14)15-9-12/h7-11,16H,2-6H2,1H3,(H2,14,15). The lowest BCUT2D eigenvalue weighted by atomic mass is 9.84. The van der Waals surface area contributed by atoms with Crippen LogP contribution in [0.4, 0.5) is 11.5 Å². The van der Waals surface area contributed by atoms with E-state index in [-0.39, 0.29) is 0 Å². The maximum absolute atomic E-state index is 5.56. The van der Waals surface area contributed by atoms with Crippen LogP contribution in [0.1, 0.15) is 39.0 Å². The van der Waals surface area contributed by atoms with Crippen LogP contribution in [0.5, 0.6) is 0 Å². The minimum absolute atomic E-state index is 0.533. The number of nitrogens with two attached hydrogens (primary N) is 1. The fourth-order valence-corrected chi connectivity index (χ4v) is 2.51. The Bertz CT molecular complexity index is 314. The maximum Gasteiger partial charge on any atom is 0.123 e. The second-order valence-electron chi connectivity index (χ2n) is 4.80. The Labute approximate surface area is 97.5 Å². The van der Waals surface area contributed by atoms with Gasteiger partial charge >= 0.3 is 0 Å². The predicted octanol–water partition coefficient (Wildman–Crippen LogP) is 3.04. The van der Waals surface area contributed by atoms with Gasteiger partial charge in [0.05, 0.1) is 11.9 Å². The molecule has 1 atom stereocenters. The second kappa shape index (κ2) is 5.19. The smallest absolute Gasteiger partial charge is 0.123 e. The Balaban J connectivity index is 1.90. The number of anilines is 2. The van der Waals surface area contributed by atoms with Crippen molar-refractivity contribution in [2.24, 2.45) is 5.92 Å². The van der Waals surface area contributed by atoms with Crippen molar-refractivity contribution in [1.82, 2.24) is 4.98 Å². The largest absolute Gasteiger partial charge is 0.384 e. The third-order valence-electron chi connectivity index (χ3n) is 3.54. The molecule has 3 heteroatoms. The summed E-state index contributed by atoms with van der Waals surface area (Å²) in [5, 5.41) is 3.52. The van der Waals surface area contributed by atoms with Crippen molar-refractivity contribution >= 4 is 11.5 Å². The number of aromatic nitrogens is 1. The van der Waals surface area contributed by atoms with E-state index >= 15 is 0 Å². The lowest BCUT2D eigenvalue weighted by Crippen LogP contribution is -2.27. The summed E-state index contributed by atoms with van der Waals surface area (Å²) < 4.78 is 0. The van der Waals surface area contributed by atoms with E-state index in [9.17, 15) is 0 Å². The molecule has 0 aliphatic heterocycles. The van der Waals surface area contributed by atoms with Crippen LogP contribution < -0.4 is 11.1 Å². The number of nitrogen functional groups attached to an aromatic ring is 1. The molecule has 1 aromatic rings.